The van der Waals surface area contributed by atoms with Gasteiger partial charge in [-0.25, -0.2) is 0 Å². The summed E-state index contributed by atoms with van der Waals surface area (Å²) in [6.07, 6.45) is 0.622. The maximum atomic E-state index is 12.2. The van der Waals surface area contributed by atoms with Crippen molar-refractivity contribution < 1.29 is 13.2 Å². The molecular weight excluding hydrogens is 217 g/mol. The second-order valence-corrected chi connectivity index (χ2v) is 4.75. The first-order valence-electron chi connectivity index (χ1n) is 5.85. The van der Waals surface area contributed by atoms with Gasteiger partial charge in [-0.2, -0.15) is 13.2 Å². The maximum absolute atomic E-state index is 12.2. The Morgan fingerprint density at radius 3 is 2.31 bits per heavy atom. The van der Waals surface area contributed by atoms with Crippen molar-refractivity contribution in [2.45, 2.75) is 37.9 Å². The smallest absolute Gasteiger partial charge is 0.315 e. The van der Waals surface area contributed by atoms with E-state index in [1.54, 1.807) is 0 Å². The Hall–Kier alpha value is -0.290. The molecule has 0 amide bonds. The van der Waals surface area contributed by atoms with Gasteiger partial charge < -0.3 is 5.32 Å². The molecule has 5 heteroatoms. The second kappa shape index (κ2) is 5.87. The minimum Gasteiger partial charge on any atom is -0.315 e. The first kappa shape index (κ1) is 13.8. The first-order valence-corrected chi connectivity index (χ1v) is 5.85. The molecule has 0 aromatic carbocycles. The highest BCUT2D eigenvalue weighted by molar-refractivity contribution is 4.82. The molecule has 1 rings (SSSR count). The zero-order chi connectivity index (χ0) is 12.2. The Labute approximate surface area is 95.2 Å². The summed E-state index contributed by atoms with van der Waals surface area (Å²) in [4.78, 5) is 1.36. The van der Waals surface area contributed by atoms with Gasteiger partial charge in [-0.3, -0.25) is 4.90 Å². The molecular formula is C11H21F3N2. The summed E-state index contributed by atoms with van der Waals surface area (Å²) in [5.74, 6) is 0.542. The highest BCUT2D eigenvalue weighted by Crippen LogP contribution is 2.28. The van der Waals surface area contributed by atoms with Crippen LogP contribution in [0.1, 0.15) is 25.7 Å². The monoisotopic (exact) mass is 238 g/mol. The van der Waals surface area contributed by atoms with Crippen LogP contribution in [0, 0.1) is 5.92 Å². The predicted molar refractivity (Wildman–Crippen MR) is 58.4 cm³/mol. The van der Waals surface area contributed by atoms with Crippen molar-refractivity contribution in [3.63, 3.8) is 0 Å². The molecule has 0 spiro atoms. The van der Waals surface area contributed by atoms with Crippen LogP contribution >= 0.6 is 0 Å². The molecule has 0 aliphatic heterocycles. The molecule has 1 saturated carbocycles. The molecule has 1 fully saturated rings. The van der Waals surface area contributed by atoms with Crippen molar-refractivity contribution >= 4 is 0 Å². The molecule has 0 bridgehead atoms. The lowest BCUT2D eigenvalue weighted by Gasteiger charge is -2.28. The van der Waals surface area contributed by atoms with Crippen molar-refractivity contribution in [1.29, 1.82) is 0 Å². The van der Waals surface area contributed by atoms with E-state index in [9.17, 15) is 13.2 Å². The topological polar surface area (TPSA) is 15.3 Å². The second-order valence-electron chi connectivity index (χ2n) is 4.75. The zero-order valence-corrected chi connectivity index (χ0v) is 9.98. The van der Waals surface area contributed by atoms with Gasteiger partial charge >= 0.3 is 6.18 Å². The van der Waals surface area contributed by atoms with Crippen molar-refractivity contribution in [2.24, 2.45) is 5.92 Å². The van der Waals surface area contributed by atoms with Gasteiger partial charge in [0.25, 0.3) is 0 Å². The van der Waals surface area contributed by atoms with E-state index < -0.39 is 12.7 Å². The molecule has 1 atom stereocenters. The third kappa shape index (κ3) is 4.70. The highest BCUT2D eigenvalue weighted by Gasteiger charge is 2.31. The molecule has 0 aromatic heterocycles. The average Bonchev–Trinajstić information content (AvgIpc) is 2.63. The number of nitrogens with zero attached hydrogens (tertiary/aromatic N) is 1. The summed E-state index contributed by atoms with van der Waals surface area (Å²) < 4.78 is 36.5. The van der Waals surface area contributed by atoms with Gasteiger partial charge in [-0.05, 0) is 32.9 Å². The molecule has 0 aromatic rings. The van der Waals surface area contributed by atoms with E-state index in [0.29, 0.717) is 12.5 Å². The summed E-state index contributed by atoms with van der Waals surface area (Å²) in [5.41, 5.74) is 0. The number of likely N-dealkylation sites (N-methyl/N-ethyl adjacent to an activating group) is 2. The van der Waals surface area contributed by atoms with Gasteiger partial charge in [0.2, 0.25) is 0 Å². The van der Waals surface area contributed by atoms with E-state index in [2.05, 4.69) is 5.32 Å². The molecule has 1 aliphatic rings. The van der Waals surface area contributed by atoms with Crippen molar-refractivity contribution in [1.82, 2.24) is 10.2 Å². The van der Waals surface area contributed by atoms with Crippen LogP contribution in [0.4, 0.5) is 13.2 Å². The minimum absolute atomic E-state index is 0.190. The number of hydrogen-bond acceptors (Lipinski definition) is 2. The zero-order valence-electron chi connectivity index (χ0n) is 9.98. The number of rotatable bonds is 5. The quantitative estimate of drug-likeness (QED) is 0.790. The van der Waals surface area contributed by atoms with Crippen LogP contribution in [0.5, 0.6) is 0 Å². The molecule has 0 heterocycles. The van der Waals surface area contributed by atoms with Crippen molar-refractivity contribution in [2.75, 3.05) is 27.2 Å². The van der Waals surface area contributed by atoms with Gasteiger partial charge in [-0.15, -0.1) is 0 Å². The predicted octanol–water partition coefficient (Wildman–Crippen LogP) is 2.26. The summed E-state index contributed by atoms with van der Waals surface area (Å²) in [7, 11) is 3.37. The molecule has 1 aliphatic carbocycles. The lowest BCUT2D eigenvalue weighted by Crippen LogP contribution is -2.44. The Balaban J connectivity index is 2.37. The molecule has 0 saturated heterocycles. The lowest BCUT2D eigenvalue weighted by atomic mass is 9.98. The average molecular weight is 238 g/mol. The molecule has 2 nitrogen and oxygen atoms in total. The normalized spacial score (nSPS) is 20.6. The number of hydrogen-bond donors (Lipinski definition) is 1. The van der Waals surface area contributed by atoms with Crippen LogP contribution < -0.4 is 5.32 Å². The minimum atomic E-state index is -4.09. The summed E-state index contributed by atoms with van der Waals surface area (Å²) >= 11 is 0. The van der Waals surface area contributed by atoms with Crippen molar-refractivity contribution in [3.05, 3.63) is 0 Å². The fourth-order valence-electron chi connectivity index (χ4n) is 2.54. The lowest BCUT2D eigenvalue weighted by molar-refractivity contribution is -0.143. The van der Waals surface area contributed by atoms with Crippen LogP contribution in [-0.4, -0.2) is 44.3 Å². The van der Waals surface area contributed by atoms with E-state index in [1.165, 1.54) is 24.8 Å². The van der Waals surface area contributed by atoms with Crippen LogP contribution in [0.15, 0.2) is 0 Å². The van der Waals surface area contributed by atoms with Crippen molar-refractivity contribution in [3.8, 4) is 0 Å². The van der Waals surface area contributed by atoms with Gasteiger partial charge in [0.15, 0.2) is 0 Å². The largest absolute Gasteiger partial charge is 0.401 e. The van der Waals surface area contributed by atoms with E-state index >= 15 is 0 Å². The molecule has 1 unspecified atom stereocenters. The van der Waals surface area contributed by atoms with Crippen LogP contribution in [-0.2, 0) is 0 Å². The van der Waals surface area contributed by atoms with E-state index in [4.69, 9.17) is 0 Å². The third-order valence-corrected chi connectivity index (χ3v) is 3.30. The van der Waals surface area contributed by atoms with E-state index in [1.807, 2.05) is 7.05 Å². The fraction of sp³-hybridized carbons (Fsp3) is 1.00. The number of nitrogens with one attached hydrogen (secondary N) is 1. The highest BCUT2D eigenvalue weighted by atomic mass is 19.4. The van der Waals surface area contributed by atoms with E-state index in [0.717, 1.165) is 12.8 Å². The van der Waals surface area contributed by atoms with Crippen LogP contribution in [0.25, 0.3) is 0 Å². The van der Waals surface area contributed by atoms with Crippen LogP contribution in [0.3, 0.4) is 0 Å². The Bertz CT molecular complexity index is 200. The number of alkyl halides is 3. The Kier molecular flexibility index (Phi) is 5.05. The summed E-state index contributed by atoms with van der Waals surface area (Å²) in [5, 5.41) is 3.15. The summed E-state index contributed by atoms with van der Waals surface area (Å²) in [6, 6.07) is 0.190. The number of halogens is 3. The molecule has 1 N–H and O–H groups in total. The fourth-order valence-corrected chi connectivity index (χ4v) is 2.54. The first-order chi connectivity index (χ1) is 7.42. The van der Waals surface area contributed by atoms with Gasteiger partial charge in [0.1, 0.15) is 0 Å². The molecule has 16 heavy (non-hydrogen) atoms. The summed E-state index contributed by atoms with van der Waals surface area (Å²) in [6.45, 7) is -0.349. The maximum Gasteiger partial charge on any atom is 0.401 e. The third-order valence-electron chi connectivity index (χ3n) is 3.30. The van der Waals surface area contributed by atoms with E-state index in [-0.39, 0.29) is 6.04 Å². The molecule has 0 radical (unpaired) electrons. The standard InChI is InChI=1S/C11H21F3N2/c1-15-10(9-5-3-4-6-9)7-16(2)8-11(12,13)14/h9-10,15H,3-8H2,1-2H3. The van der Waals surface area contributed by atoms with Gasteiger partial charge in [-0.1, -0.05) is 12.8 Å². The SMILES string of the molecule is CNC(CN(C)CC(F)(F)F)C1CCCC1. The molecule has 96 valence electrons. The Morgan fingerprint density at radius 2 is 1.88 bits per heavy atom. The Morgan fingerprint density at radius 1 is 1.31 bits per heavy atom. The van der Waals surface area contributed by atoms with Crippen LogP contribution in [0.2, 0.25) is 0 Å². The van der Waals surface area contributed by atoms with Gasteiger partial charge in [0.05, 0.1) is 6.54 Å². The van der Waals surface area contributed by atoms with Gasteiger partial charge in [0, 0.05) is 12.6 Å².